The minimum atomic E-state index is -1.26. The molecule has 134 valence electrons. The molecular weight excluding hydrogens is 347 g/mol. The third-order valence-corrected chi connectivity index (χ3v) is 3.83. The van der Waals surface area contributed by atoms with Crippen LogP contribution in [-0.4, -0.2) is 46.0 Å². The number of nitrogens with zero attached hydrogens (tertiary/aromatic N) is 2. The molecule has 3 rings (SSSR count). The van der Waals surface area contributed by atoms with Gasteiger partial charge in [0.15, 0.2) is 11.6 Å². The zero-order chi connectivity index (χ0) is 18.8. The Balaban J connectivity index is 1.68. The standard InChI is InChI=1S/C17H13FN2O6/c18-14-3-1-2-4-15(14)26-9-11(21)8-19-16(22)12-6-5-10(20(24)25)7-13(12)17(19)23/h1-7,11,21H,8-9H2/t11-/m1/s1. The highest BCUT2D eigenvalue weighted by molar-refractivity contribution is 6.21. The van der Waals surface area contributed by atoms with E-state index in [9.17, 15) is 29.2 Å². The molecule has 1 N–H and O–H groups in total. The van der Waals surface area contributed by atoms with E-state index in [4.69, 9.17) is 4.74 Å². The number of ether oxygens (including phenoxy) is 1. The molecule has 0 saturated heterocycles. The van der Waals surface area contributed by atoms with Crippen molar-refractivity contribution in [1.29, 1.82) is 0 Å². The van der Waals surface area contributed by atoms with Crippen molar-refractivity contribution in [3.05, 3.63) is 69.5 Å². The second-order valence-corrected chi connectivity index (χ2v) is 5.60. The topological polar surface area (TPSA) is 110 Å². The number of benzene rings is 2. The first-order chi connectivity index (χ1) is 12.4. The smallest absolute Gasteiger partial charge is 0.270 e. The largest absolute Gasteiger partial charge is 0.488 e. The highest BCUT2D eigenvalue weighted by Crippen LogP contribution is 2.27. The van der Waals surface area contributed by atoms with Crippen molar-refractivity contribution < 1.29 is 28.7 Å². The summed E-state index contributed by atoms with van der Waals surface area (Å²) >= 11 is 0. The summed E-state index contributed by atoms with van der Waals surface area (Å²) in [6, 6.07) is 8.97. The molecule has 2 aromatic carbocycles. The maximum Gasteiger partial charge on any atom is 0.270 e. The Labute approximate surface area is 146 Å². The molecule has 1 aliphatic heterocycles. The van der Waals surface area contributed by atoms with E-state index in [1.807, 2.05) is 0 Å². The van der Waals surface area contributed by atoms with E-state index in [0.29, 0.717) is 0 Å². The predicted octanol–water partition coefficient (Wildman–Crippen LogP) is 1.77. The molecule has 0 aromatic heterocycles. The molecule has 0 bridgehead atoms. The SMILES string of the molecule is O=C1c2ccc([N+](=O)[O-])cc2C(=O)N1C[C@@H](O)COc1ccccc1F. The number of non-ortho nitro benzene ring substituents is 1. The number of aliphatic hydroxyl groups is 1. The lowest BCUT2D eigenvalue weighted by Crippen LogP contribution is -2.39. The van der Waals surface area contributed by atoms with Crippen LogP contribution >= 0.6 is 0 Å². The summed E-state index contributed by atoms with van der Waals surface area (Å²) in [7, 11) is 0. The lowest BCUT2D eigenvalue weighted by atomic mass is 10.1. The first-order valence-electron chi connectivity index (χ1n) is 7.58. The Kier molecular flexibility index (Phi) is 4.63. The number of nitro benzene ring substituents is 1. The van der Waals surface area contributed by atoms with Crippen molar-refractivity contribution in [3.63, 3.8) is 0 Å². The Morgan fingerprint density at radius 3 is 2.54 bits per heavy atom. The Morgan fingerprint density at radius 2 is 1.85 bits per heavy atom. The van der Waals surface area contributed by atoms with Crippen molar-refractivity contribution in [1.82, 2.24) is 4.90 Å². The number of hydrogen-bond donors (Lipinski definition) is 1. The number of fused-ring (bicyclic) bond motifs is 1. The average molecular weight is 360 g/mol. The molecule has 26 heavy (non-hydrogen) atoms. The van der Waals surface area contributed by atoms with Gasteiger partial charge in [0.05, 0.1) is 22.6 Å². The molecule has 0 aliphatic carbocycles. The van der Waals surface area contributed by atoms with Gasteiger partial charge in [0.25, 0.3) is 17.5 Å². The average Bonchev–Trinajstić information content (AvgIpc) is 2.85. The van der Waals surface area contributed by atoms with Crippen molar-refractivity contribution in [3.8, 4) is 5.75 Å². The molecule has 1 heterocycles. The van der Waals surface area contributed by atoms with Gasteiger partial charge in [-0.05, 0) is 18.2 Å². The van der Waals surface area contributed by atoms with E-state index in [0.717, 1.165) is 17.0 Å². The summed E-state index contributed by atoms with van der Waals surface area (Å²) in [6.45, 7) is -0.719. The van der Waals surface area contributed by atoms with Gasteiger partial charge in [0.1, 0.15) is 12.7 Å². The number of halogens is 1. The van der Waals surface area contributed by atoms with Crippen LogP contribution in [0.15, 0.2) is 42.5 Å². The fraction of sp³-hybridized carbons (Fsp3) is 0.176. The molecule has 2 amide bonds. The number of aliphatic hydroxyl groups excluding tert-OH is 1. The maximum absolute atomic E-state index is 13.5. The van der Waals surface area contributed by atoms with Crippen LogP contribution < -0.4 is 4.74 Å². The fourth-order valence-corrected chi connectivity index (χ4v) is 2.57. The lowest BCUT2D eigenvalue weighted by molar-refractivity contribution is -0.384. The van der Waals surface area contributed by atoms with E-state index < -0.39 is 28.7 Å². The summed E-state index contributed by atoms with van der Waals surface area (Å²) in [4.78, 5) is 35.5. The molecule has 0 fully saturated rings. The van der Waals surface area contributed by atoms with Crippen LogP contribution in [0.4, 0.5) is 10.1 Å². The number of para-hydroxylation sites is 1. The second-order valence-electron chi connectivity index (χ2n) is 5.60. The normalized spacial score (nSPS) is 14.3. The van der Waals surface area contributed by atoms with Gasteiger partial charge < -0.3 is 9.84 Å². The first kappa shape index (κ1) is 17.5. The van der Waals surface area contributed by atoms with E-state index in [1.165, 1.54) is 24.3 Å². The van der Waals surface area contributed by atoms with Gasteiger partial charge in [-0.2, -0.15) is 0 Å². The van der Waals surface area contributed by atoms with Gasteiger partial charge in [-0.1, -0.05) is 12.1 Å². The van der Waals surface area contributed by atoms with E-state index in [-0.39, 0.29) is 35.7 Å². The highest BCUT2D eigenvalue weighted by atomic mass is 19.1. The molecule has 0 radical (unpaired) electrons. The minimum absolute atomic E-state index is 0.0304. The highest BCUT2D eigenvalue weighted by Gasteiger charge is 2.37. The van der Waals surface area contributed by atoms with Crippen LogP contribution in [0.2, 0.25) is 0 Å². The van der Waals surface area contributed by atoms with Crippen LogP contribution in [0.5, 0.6) is 5.75 Å². The van der Waals surface area contributed by atoms with Gasteiger partial charge in [-0.3, -0.25) is 24.6 Å². The van der Waals surface area contributed by atoms with Crippen molar-refractivity contribution in [2.45, 2.75) is 6.10 Å². The number of amides is 2. The number of imide groups is 1. The van der Waals surface area contributed by atoms with E-state index in [2.05, 4.69) is 0 Å². The maximum atomic E-state index is 13.5. The minimum Gasteiger partial charge on any atom is -0.488 e. The third-order valence-electron chi connectivity index (χ3n) is 3.83. The lowest BCUT2D eigenvalue weighted by Gasteiger charge is -2.19. The Hall–Kier alpha value is -3.33. The first-order valence-corrected chi connectivity index (χ1v) is 7.58. The molecule has 1 atom stereocenters. The molecule has 9 heteroatoms. The number of hydrogen-bond acceptors (Lipinski definition) is 6. The monoisotopic (exact) mass is 360 g/mol. The molecule has 0 saturated carbocycles. The Morgan fingerprint density at radius 1 is 1.15 bits per heavy atom. The summed E-state index contributed by atoms with van der Waals surface area (Å²) in [5.41, 5.74) is -0.371. The molecule has 0 spiro atoms. The number of nitro groups is 1. The number of rotatable bonds is 6. The Bertz CT molecular complexity index is 901. The van der Waals surface area contributed by atoms with Gasteiger partial charge in [-0.25, -0.2) is 4.39 Å². The second kappa shape index (κ2) is 6.89. The van der Waals surface area contributed by atoms with Crippen LogP contribution in [0.1, 0.15) is 20.7 Å². The van der Waals surface area contributed by atoms with E-state index >= 15 is 0 Å². The zero-order valence-corrected chi connectivity index (χ0v) is 13.3. The van der Waals surface area contributed by atoms with Crippen molar-refractivity contribution >= 4 is 17.5 Å². The van der Waals surface area contributed by atoms with Gasteiger partial charge in [-0.15, -0.1) is 0 Å². The molecular formula is C17H13FN2O6. The summed E-state index contributed by atoms with van der Waals surface area (Å²) in [5.74, 6) is -2.07. The van der Waals surface area contributed by atoms with Gasteiger partial charge in [0.2, 0.25) is 0 Å². The fourth-order valence-electron chi connectivity index (χ4n) is 2.57. The van der Waals surface area contributed by atoms with Crippen LogP contribution in [-0.2, 0) is 0 Å². The number of carbonyl (C=O) groups is 2. The van der Waals surface area contributed by atoms with Crippen LogP contribution in [0, 0.1) is 15.9 Å². The predicted molar refractivity (Wildman–Crippen MR) is 86.4 cm³/mol. The molecule has 2 aromatic rings. The quantitative estimate of drug-likeness (QED) is 0.478. The van der Waals surface area contributed by atoms with Gasteiger partial charge in [0, 0.05) is 12.1 Å². The molecule has 1 aliphatic rings. The molecule has 8 nitrogen and oxygen atoms in total. The summed E-state index contributed by atoms with van der Waals surface area (Å²) in [6.07, 6.45) is -1.26. The third kappa shape index (κ3) is 3.24. The van der Waals surface area contributed by atoms with Crippen LogP contribution in [0.25, 0.3) is 0 Å². The summed E-state index contributed by atoms with van der Waals surface area (Å²) in [5, 5.41) is 20.8. The van der Waals surface area contributed by atoms with E-state index in [1.54, 1.807) is 6.07 Å². The summed E-state index contributed by atoms with van der Waals surface area (Å²) < 4.78 is 18.6. The number of carbonyl (C=O) groups excluding carboxylic acids is 2. The zero-order valence-electron chi connectivity index (χ0n) is 13.3. The number of β-amino-alcohol motifs (C(OH)–C–C–N with tert-alkyl or cyclic N) is 1. The van der Waals surface area contributed by atoms with Gasteiger partial charge >= 0.3 is 0 Å². The molecule has 0 unspecified atom stereocenters. The van der Waals surface area contributed by atoms with Crippen molar-refractivity contribution in [2.75, 3.05) is 13.2 Å². The van der Waals surface area contributed by atoms with Crippen molar-refractivity contribution in [2.24, 2.45) is 0 Å². The van der Waals surface area contributed by atoms with Crippen LogP contribution in [0.3, 0.4) is 0 Å².